The first-order valence-corrected chi connectivity index (χ1v) is 8.03. The lowest BCUT2D eigenvalue weighted by Crippen LogP contribution is -2.37. The van der Waals surface area contributed by atoms with Crippen LogP contribution in [0.25, 0.3) is 0 Å². The van der Waals surface area contributed by atoms with Crippen LogP contribution in [0.2, 0.25) is 0 Å². The van der Waals surface area contributed by atoms with Crippen molar-refractivity contribution in [3.63, 3.8) is 0 Å². The Hall–Kier alpha value is -2.18. The fourth-order valence-electron chi connectivity index (χ4n) is 3.17. The van der Waals surface area contributed by atoms with Gasteiger partial charge >= 0.3 is 6.09 Å². The van der Waals surface area contributed by atoms with Crippen molar-refractivity contribution in [3.8, 4) is 0 Å². The summed E-state index contributed by atoms with van der Waals surface area (Å²) in [5.74, 6) is 1.70. The van der Waals surface area contributed by atoms with Gasteiger partial charge in [-0.25, -0.2) is 14.8 Å². The quantitative estimate of drug-likeness (QED) is 0.832. The Morgan fingerprint density at radius 1 is 1.30 bits per heavy atom. The third-order valence-electron chi connectivity index (χ3n) is 4.50. The van der Waals surface area contributed by atoms with Crippen molar-refractivity contribution in [2.24, 2.45) is 0 Å². The lowest BCUT2D eigenvalue weighted by Gasteiger charge is -2.31. The lowest BCUT2D eigenvalue weighted by atomic mass is 9.96. The molecule has 2 amide bonds. The van der Waals surface area contributed by atoms with Crippen LogP contribution in [0.3, 0.4) is 0 Å². The zero-order valence-corrected chi connectivity index (χ0v) is 13.8. The Labute approximate surface area is 135 Å². The van der Waals surface area contributed by atoms with Gasteiger partial charge < -0.3 is 9.64 Å². The average molecular weight is 318 g/mol. The Kier molecular flexibility index (Phi) is 4.19. The molecule has 0 aromatic carbocycles. The summed E-state index contributed by atoms with van der Waals surface area (Å²) in [5.41, 5.74) is 0.839. The van der Waals surface area contributed by atoms with Crippen LogP contribution in [0.1, 0.15) is 44.1 Å². The molecule has 0 N–H and O–H groups in total. The van der Waals surface area contributed by atoms with Gasteiger partial charge in [-0.1, -0.05) is 0 Å². The molecule has 2 fully saturated rings. The molecule has 2 aliphatic rings. The Bertz CT molecular complexity index is 626. The number of hydrogen-bond acceptors (Lipinski definition) is 5. The van der Waals surface area contributed by atoms with Crippen LogP contribution in [0, 0.1) is 6.92 Å². The van der Waals surface area contributed by atoms with Crippen molar-refractivity contribution < 1.29 is 14.3 Å². The van der Waals surface area contributed by atoms with E-state index in [1.165, 1.54) is 0 Å². The lowest BCUT2D eigenvalue weighted by molar-refractivity contribution is -0.129. The van der Waals surface area contributed by atoms with E-state index in [1.807, 2.05) is 24.8 Å². The minimum absolute atomic E-state index is 0.0239. The Morgan fingerprint density at radius 2 is 2.00 bits per heavy atom. The summed E-state index contributed by atoms with van der Waals surface area (Å²) < 4.78 is 5.08. The number of amides is 2. The maximum Gasteiger partial charge on any atom is 0.415 e. The first-order valence-electron chi connectivity index (χ1n) is 8.03. The standard InChI is InChI=1S/C16H22N4O3/c1-10-8-14(20-11(2)9-23-16(20)22)18-15(17-10)13-4-6-19(7-5-13)12(3)21/h8,11,13H,4-7,9H2,1-3H3/t11-/m1/s1. The number of hydrogen-bond donors (Lipinski definition) is 0. The molecule has 2 aliphatic heterocycles. The highest BCUT2D eigenvalue weighted by atomic mass is 16.6. The fourth-order valence-corrected chi connectivity index (χ4v) is 3.17. The second-order valence-electron chi connectivity index (χ2n) is 6.30. The van der Waals surface area contributed by atoms with Crippen molar-refractivity contribution in [2.45, 2.75) is 45.6 Å². The number of aryl methyl sites for hydroxylation is 1. The van der Waals surface area contributed by atoms with Gasteiger partial charge in [0.15, 0.2) is 0 Å². The first kappa shape index (κ1) is 15.7. The van der Waals surface area contributed by atoms with E-state index < -0.39 is 0 Å². The predicted octanol–water partition coefficient (Wildman–Crippen LogP) is 1.86. The van der Waals surface area contributed by atoms with Crippen LogP contribution in [0.4, 0.5) is 10.6 Å². The van der Waals surface area contributed by atoms with E-state index in [1.54, 1.807) is 11.8 Å². The topological polar surface area (TPSA) is 75.6 Å². The summed E-state index contributed by atoms with van der Waals surface area (Å²) in [7, 11) is 0. The average Bonchev–Trinajstić information content (AvgIpc) is 2.85. The first-order chi connectivity index (χ1) is 11.0. The molecule has 0 saturated carbocycles. The molecule has 0 radical (unpaired) electrons. The number of carbonyl (C=O) groups is 2. The SMILES string of the molecule is CC(=O)N1CCC(c2nc(C)cc(N3C(=O)OC[C@H]3C)n2)CC1. The van der Waals surface area contributed by atoms with E-state index in [2.05, 4.69) is 9.97 Å². The molecule has 0 aliphatic carbocycles. The zero-order chi connectivity index (χ0) is 16.6. The van der Waals surface area contributed by atoms with Crippen molar-refractivity contribution >= 4 is 17.8 Å². The number of rotatable bonds is 2. The molecular weight excluding hydrogens is 296 g/mol. The Balaban J connectivity index is 1.81. The van der Waals surface area contributed by atoms with E-state index in [9.17, 15) is 9.59 Å². The third-order valence-corrected chi connectivity index (χ3v) is 4.50. The zero-order valence-electron chi connectivity index (χ0n) is 13.8. The summed E-state index contributed by atoms with van der Waals surface area (Å²) in [6, 6.07) is 1.79. The minimum Gasteiger partial charge on any atom is -0.447 e. The summed E-state index contributed by atoms with van der Waals surface area (Å²) >= 11 is 0. The van der Waals surface area contributed by atoms with Crippen molar-refractivity contribution in [3.05, 3.63) is 17.6 Å². The molecule has 7 heteroatoms. The molecule has 7 nitrogen and oxygen atoms in total. The fraction of sp³-hybridized carbons (Fsp3) is 0.625. The number of carbonyl (C=O) groups excluding carboxylic acids is 2. The van der Waals surface area contributed by atoms with E-state index >= 15 is 0 Å². The number of aromatic nitrogens is 2. The maximum atomic E-state index is 11.9. The highest BCUT2D eigenvalue weighted by Crippen LogP contribution is 2.29. The molecular formula is C16H22N4O3. The second-order valence-corrected chi connectivity index (χ2v) is 6.30. The molecule has 0 unspecified atom stereocenters. The highest BCUT2D eigenvalue weighted by Gasteiger charge is 2.33. The number of cyclic esters (lactones) is 1. The summed E-state index contributed by atoms with van der Waals surface area (Å²) in [6.07, 6.45) is 1.35. The molecule has 23 heavy (non-hydrogen) atoms. The normalized spacial score (nSPS) is 22.4. The van der Waals surface area contributed by atoms with E-state index in [0.717, 1.165) is 37.4 Å². The third kappa shape index (κ3) is 3.13. The van der Waals surface area contributed by atoms with Crippen LogP contribution in [-0.4, -0.2) is 52.6 Å². The van der Waals surface area contributed by atoms with Gasteiger partial charge in [-0.05, 0) is 26.7 Å². The number of ether oxygens (including phenoxy) is 1. The number of likely N-dealkylation sites (tertiary alicyclic amines) is 1. The van der Waals surface area contributed by atoms with Gasteiger partial charge in [0, 0.05) is 37.7 Å². The predicted molar refractivity (Wildman–Crippen MR) is 84.3 cm³/mol. The molecule has 1 aromatic rings. The van der Waals surface area contributed by atoms with E-state index in [0.29, 0.717) is 12.4 Å². The van der Waals surface area contributed by atoms with Crippen molar-refractivity contribution in [1.82, 2.24) is 14.9 Å². The largest absolute Gasteiger partial charge is 0.447 e. The molecule has 3 heterocycles. The van der Waals surface area contributed by atoms with E-state index in [4.69, 9.17) is 4.74 Å². The van der Waals surface area contributed by atoms with Gasteiger partial charge in [0.2, 0.25) is 5.91 Å². The van der Waals surface area contributed by atoms with Gasteiger partial charge in [0.05, 0.1) is 6.04 Å². The van der Waals surface area contributed by atoms with Crippen LogP contribution < -0.4 is 4.90 Å². The van der Waals surface area contributed by atoms with Gasteiger partial charge in [0.1, 0.15) is 18.2 Å². The van der Waals surface area contributed by atoms with Gasteiger partial charge in [-0.2, -0.15) is 0 Å². The minimum atomic E-state index is -0.354. The summed E-state index contributed by atoms with van der Waals surface area (Å²) in [6.45, 7) is 7.29. The summed E-state index contributed by atoms with van der Waals surface area (Å²) in [4.78, 5) is 36.0. The van der Waals surface area contributed by atoms with Crippen molar-refractivity contribution in [2.75, 3.05) is 24.6 Å². The van der Waals surface area contributed by atoms with Gasteiger partial charge in [0.25, 0.3) is 0 Å². The molecule has 3 rings (SSSR count). The molecule has 1 atom stereocenters. The monoisotopic (exact) mass is 318 g/mol. The molecule has 1 aromatic heterocycles. The summed E-state index contributed by atoms with van der Waals surface area (Å²) in [5, 5.41) is 0. The molecule has 0 bridgehead atoms. The molecule has 0 spiro atoms. The van der Waals surface area contributed by atoms with Crippen LogP contribution in [-0.2, 0) is 9.53 Å². The van der Waals surface area contributed by atoms with Crippen molar-refractivity contribution in [1.29, 1.82) is 0 Å². The van der Waals surface area contributed by atoms with Crippen LogP contribution in [0.15, 0.2) is 6.07 Å². The van der Waals surface area contributed by atoms with E-state index in [-0.39, 0.29) is 24.0 Å². The smallest absolute Gasteiger partial charge is 0.415 e. The number of nitrogens with zero attached hydrogens (tertiary/aromatic N) is 4. The van der Waals surface area contributed by atoms with Gasteiger partial charge in [-0.3, -0.25) is 9.69 Å². The highest BCUT2D eigenvalue weighted by molar-refractivity contribution is 5.89. The van der Waals surface area contributed by atoms with Crippen LogP contribution >= 0.6 is 0 Å². The Morgan fingerprint density at radius 3 is 2.57 bits per heavy atom. The van der Waals surface area contributed by atoms with Gasteiger partial charge in [-0.15, -0.1) is 0 Å². The number of piperidine rings is 1. The number of anilines is 1. The molecule has 124 valence electrons. The van der Waals surface area contributed by atoms with Crippen LogP contribution in [0.5, 0.6) is 0 Å². The molecule has 2 saturated heterocycles. The second kappa shape index (κ2) is 6.14. The maximum absolute atomic E-state index is 11.9.